The Kier molecular flexibility index (Phi) is 8.75. The fourth-order valence-electron chi connectivity index (χ4n) is 3.39. The molecule has 0 heterocycles. The van der Waals surface area contributed by atoms with Crippen molar-refractivity contribution in [3.63, 3.8) is 0 Å². The molecule has 0 amide bonds. The molecule has 0 bridgehead atoms. The molecule has 2 heteroatoms. The van der Waals surface area contributed by atoms with Gasteiger partial charge in [0.25, 0.3) is 0 Å². The molecule has 0 saturated heterocycles. The monoisotopic (exact) mass is 430 g/mol. The van der Waals surface area contributed by atoms with Crippen LogP contribution < -0.4 is 0 Å². The van der Waals surface area contributed by atoms with Gasteiger partial charge in [-0.25, -0.2) is 0 Å². The lowest BCUT2D eigenvalue weighted by molar-refractivity contribution is -0.0979. The summed E-state index contributed by atoms with van der Waals surface area (Å²) in [6.45, 7) is 2.00. The van der Waals surface area contributed by atoms with Gasteiger partial charge in [-0.15, -0.1) is 0 Å². The van der Waals surface area contributed by atoms with E-state index in [4.69, 9.17) is 4.79 Å². The number of benzene rings is 4. The first kappa shape index (κ1) is 23.2. The van der Waals surface area contributed by atoms with E-state index in [1.807, 2.05) is 91.7 Å². The molecule has 2 nitrogen and oxygen atoms in total. The predicted molar refractivity (Wildman–Crippen MR) is 141 cm³/mol. The van der Waals surface area contributed by atoms with Crippen molar-refractivity contribution in [2.75, 3.05) is 0 Å². The van der Waals surface area contributed by atoms with Gasteiger partial charge >= 0.3 is 0 Å². The second-order valence-corrected chi connectivity index (χ2v) is 7.23. The fraction of sp³-hybridized carbons (Fsp3) is 0. The van der Waals surface area contributed by atoms with Crippen LogP contribution >= 0.6 is 0 Å². The van der Waals surface area contributed by atoms with Gasteiger partial charge in [-0.3, -0.25) is 0 Å². The SMILES string of the molecule is C=O.Oc1ccc(C=Cc2ccccc2)c(C=Cc2ccccc2)c1C=Cc1ccccc1. The molecule has 0 fully saturated rings. The van der Waals surface area contributed by atoms with Crippen molar-refractivity contribution in [3.05, 3.63) is 137 Å². The molecule has 4 aromatic rings. The summed E-state index contributed by atoms with van der Waals surface area (Å²) in [6, 6.07) is 34.2. The Bertz CT molecular complexity index is 1220. The third kappa shape index (κ3) is 6.78. The first-order valence-corrected chi connectivity index (χ1v) is 10.6. The molecule has 162 valence electrons. The maximum absolute atomic E-state index is 10.7. The van der Waals surface area contributed by atoms with Crippen LogP contribution in [0.5, 0.6) is 5.75 Å². The molecule has 33 heavy (non-hydrogen) atoms. The molecule has 0 aliphatic heterocycles. The third-order valence-corrected chi connectivity index (χ3v) is 5.04. The Labute approximate surface area is 195 Å². The summed E-state index contributed by atoms with van der Waals surface area (Å²) in [4.78, 5) is 8.00. The molecule has 0 atom stereocenters. The van der Waals surface area contributed by atoms with Gasteiger partial charge in [-0.1, -0.05) is 134 Å². The zero-order valence-electron chi connectivity index (χ0n) is 18.3. The molecule has 0 spiro atoms. The minimum Gasteiger partial charge on any atom is -0.507 e. The van der Waals surface area contributed by atoms with Crippen LogP contribution in [0, 0.1) is 0 Å². The van der Waals surface area contributed by atoms with Crippen molar-refractivity contribution in [3.8, 4) is 5.75 Å². The molecular formula is C31H26O2. The standard InChI is InChI=1S/C30H24O.CH2O/c31-30-23-20-27(19-16-24-10-4-1-5-11-24)28(21-17-25-12-6-2-7-13-25)29(30)22-18-26-14-8-3-9-15-26;1-2/h1-23,31H;1H2. The maximum Gasteiger partial charge on any atom is 0.123 e. The normalized spacial score (nSPS) is 11.0. The minimum atomic E-state index is 0.261. The summed E-state index contributed by atoms with van der Waals surface area (Å²) >= 11 is 0. The second-order valence-electron chi connectivity index (χ2n) is 7.23. The van der Waals surface area contributed by atoms with Crippen LogP contribution in [0.1, 0.15) is 33.4 Å². The van der Waals surface area contributed by atoms with E-state index in [-0.39, 0.29) is 5.75 Å². The van der Waals surface area contributed by atoms with Gasteiger partial charge in [-0.05, 0) is 33.9 Å². The highest BCUT2D eigenvalue weighted by atomic mass is 16.3. The summed E-state index contributed by atoms with van der Waals surface area (Å²) in [5, 5.41) is 10.7. The van der Waals surface area contributed by atoms with E-state index in [0.29, 0.717) is 0 Å². The molecule has 0 unspecified atom stereocenters. The molecule has 0 saturated carbocycles. The second kappa shape index (κ2) is 12.4. The highest BCUT2D eigenvalue weighted by Crippen LogP contribution is 2.30. The number of phenolic OH excluding ortho intramolecular Hbond substituents is 1. The van der Waals surface area contributed by atoms with Gasteiger partial charge in [0.15, 0.2) is 0 Å². The van der Waals surface area contributed by atoms with E-state index in [1.54, 1.807) is 6.07 Å². The number of carbonyl (C=O) groups is 1. The van der Waals surface area contributed by atoms with Crippen LogP contribution in [0.3, 0.4) is 0 Å². The highest BCUT2D eigenvalue weighted by molar-refractivity contribution is 5.87. The molecule has 0 aliphatic carbocycles. The van der Waals surface area contributed by atoms with Crippen LogP contribution in [-0.2, 0) is 4.79 Å². The van der Waals surface area contributed by atoms with Crippen LogP contribution in [0.2, 0.25) is 0 Å². The van der Waals surface area contributed by atoms with E-state index in [2.05, 4.69) is 48.6 Å². The first-order chi connectivity index (χ1) is 16.3. The van der Waals surface area contributed by atoms with Gasteiger partial charge in [-0.2, -0.15) is 0 Å². The summed E-state index contributed by atoms with van der Waals surface area (Å²) in [5.41, 5.74) is 6.15. The van der Waals surface area contributed by atoms with Crippen molar-refractivity contribution >= 4 is 43.2 Å². The molecule has 0 radical (unpaired) electrons. The van der Waals surface area contributed by atoms with Crippen molar-refractivity contribution in [2.24, 2.45) is 0 Å². The third-order valence-electron chi connectivity index (χ3n) is 5.04. The van der Waals surface area contributed by atoms with Crippen molar-refractivity contribution in [2.45, 2.75) is 0 Å². The zero-order chi connectivity index (χ0) is 23.3. The Morgan fingerprint density at radius 1 is 0.455 bits per heavy atom. The molecule has 4 aromatic carbocycles. The summed E-state index contributed by atoms with van der Waals surface area (Å²) < 4.78 is 0. The lowest BCUT2D eigenvalue weighted by Crippen LogP contribution is -1.88. The van der Waals surface area contributed by atoms with Crippen molar-refractivity contribution in [1.82, 2.24) is 0 Å². The molecule has 1 N–H and O–H groups in total. The molecule has 0 aliphatic rings. The first-order valence-electron chi connectivity index (χ1n) is 10.6. The van der Waals surface area contributed by atoms with Gasteiger partial charge in [0.05, 0.1) is 0 Å². The van der Waals surface area contributed by atoms with E-state index in [0.717, 1.165) is 33.4 Å². The molecular weight excluding hydrogens is 404 g/mol. The Balaban J connectivity index is 0.00000149. The smallest absolute Gasteiger partial charge is 0.123 e. The van der Waals surface area contributed by atoms with Gasteiger partial charge in [0, 0.05) is 5.56 Å². The minimum absolute atomic E-state index is 0.261. The number of carbonyl (C=O) groups excluding carboxylic acids is 1. The lowest BCUT2D eigenvalue weighted by Gasteiger charge is -2.09. The molecule has 4 rings (SSSR count). The number of rotatable bonds is 6. The van der Waals surface area contributed by atoms with Crippen molar-refractivity contribution in [1.29, 1.82) is 0 Å². The van der Waals surface area contributed by atoms with Crippen LogP contribution in [0.15, 0.2) is 103 Å². The van der Waals surface area contributed by atoms with Crippen LogP contribution in [-0.4, -0.2) is 11.9 Å². The highest BCUT2D eigenvalue weighted by Gasteiger charge is 2.08. The summed E-state index contributed by atoms with van der Waals surface area (Å²) in [7, 11) is 0. The largest absolute Gasteiger partial charge is 0.507 e. The molecule has 0 aromatic heterocycles. The van der Waals surface area contributed by atoms with Crippen LogP contribution in [0.4, 0.5) is 0 Å². The number of phenols is 1. The van der Waals surface area contributed by atoms with Crippen molar-refractivity contribution < 1.29 is 9.90 Å². The number of aromatic hydroxyl groups is 1. The Morgan fingerprint density at radius 3 is 1.30 bits per heavy atom. The Hall–Kier alpha value is -4.43. The maximum atomic E-state index is 10.7. The zero-order valence-corrected chi connectivity index (χ0v) is 18.3. The quantitative estimate of drug-likeness (QED) is 0.318. The van der Waals surface area contributed by atoms with E-state index in [9.17, 15) is 5.11 Å². The van der Waals surface area contributed by atoms with E-state index >= 15 is 0 Å². The average molecular weight is 431 g/mol. The average Bonchev–Trinajstić information content (AvgIpc) is 2.89. The summed E-state index contributed by atoms with van der Waals surface area (Å²) in [6.07, 6.45) is 12.4. The number of hydrogen-bond acceptors (Lipinski definition) is 2. The van der Waals surface area contributed by atoms with Gasteiger partial charge in [0.2, 0.25) is 0 Å². The topological polar surface area (TPSA) is 37.3 Å². The lowest BCUT2D eigenvalue weighted by atomic mass is 9.96. The predicted octanol–water partition coefficient (Wildman–Crippen LogP) is 7.72. The Morgan fingerprint density at radius 2 is 0.848 bits per heavy atom. The van der Waals surface area contributed by atoms with E-state index in [1.165, 1.54) is 0 Å². The number of hydrogen-bond donors (Lipinski definition) is 1. The van der Waals surface area contributed by atoms with Gasteiger partial charge < -0.3 is 9.90 Å². The van der Waals surface area contributed by atoms with Gasteiger partial charge in [0.1, 0.15) is 12.5 Å². The summed E-state index contributed by atoms with van der Waals surface area (Å²) in [5.74, 6) is 0.261. The fourth-order valence-corrected chi connectivity index (χ4v) is 3.39. The van der Waals surface area contributed by atoms with E-state index < -0.39 is 0 Å². The van der Waals surface area contributed by atoms with Crippen LogP contribution in [0.25, 0.3) is 36.5 Å².